The summed E-state index contributed by atoms with van der Waals surface area (Å²) >= 11 is 0. The summed E-state index contributed by atoms with van der Waals surface area (Å²) in [6.45, 7) is 0. The Morgan fingerprint density at radius 2 is 2.12 bits per heavy atom. The van der Waals surface area contributed by atoms with E-state index in [1.165, 1.54) is 30.7 Å². The third kappa shape index (κ3) is 1.75. The molecule has 0 aliphatic rings. The highest BCUT2D eigenvalue weighted by atomic mass is 19.1. The van der Waals surface area contributed by atoms with Gasteiger partial charge in [-0.3, -0.25) is 9.97 Å². The van der Waals surface area contributed by atoms with Gasteiger partial charge < -0.3 is 5.11 Å². The molecule has 0 atom stereocenters. The quantitative estimate of drug-likeness (QED) is 0.837. The molecule has 0 saturated heterocycles. The molecule has 1 N–H and O–H groups in total. The summed E-state index contributed by atoms with van der Waals surface area (Å²) in [5.41, 5.74) is 0.169. The number of carboxylic acids is 1. The Bertz CT molecular complexity index is 529. The lowest BCUT2D eigenvalue weighted by Gasteiger charge is -2.05. The second kappa shape index (κ2) is 4.06. The van der Waals surface area contributed by atoms with Gasteiger partial charge in [0.15, 0.2) is 0 Å². The predicted octanol–water partition coefficient (Wildman–Crippen LogP) is 1.98. The minimum atomic E-state index is -1.32. The molecular formula is C11H7FN2O2. The summed E-state index contributed by atoms with van der Waals surface area (Å²) in [5, 5.41) is 8.92. The van der Waals surface area contributed by atoms with Gasteiger partial charge in [-0.05, 0) is 6.07 Å². The molecule has 0 aliphatic carbocycles. The van der Waals surface area contributed by atoms with Crippen molar-refractivity contribution in [2.45, 2.75) is 0 Å². The van der Waals surface area contributed by atoms with Crippen molar-refractivity contribution in [1.82, 2.24) is 9.97 Å². The zero-order chi connectivity index (χ0) is 11.5. The van der Waals surface area contributed by atoms with Gasteiger partial charge in [0.05, 0.1) is 11.9 Å². The lowest BCUT2D eigenvalue weighted by molar-refractivity contribution is 0.0693. The molecule has 0 amide bonds. The van der Waals surface area contributed by atoms with E-state index in [0.29, 0.717) is 5.69 Å². The van der Waals surface area contributed by atoms with Crippen molar-refractivity contribution in [2.24, 2.45) is 0 Å². The molecule has 0 radical (unpaired) electrons. The summed E-state index contributed by atoms with van der Waals surface area (Å²) < 4.78 is 13.4. The summed E-state index contributed by atoms with van der Waals surface area (Å²) in [4.78, 5) is 18.7. The van der Waals surface area contributed by atoms with Gasteiger partial charge in [0.25, 0.3) is 0 Å². The Labute approximate surface area is 90.4 Å². The van der Waals surface area contributed by atoms with Crippen LogP contribution in [0.25, 0.3) is 11.3 Å². The number of carbonyl (C=O) groups is 1. The highest BCUT2D eigenvalue weighted by Crippen LogP contribution is 2.23. The first-order valence-corrected chi connectivity index (χ1v) is 4.48. The van der Waals surface area contributed by atoms with Gasteiger partial charge >= 0.3 is 5.97 Å². The maximum atomic E-state index is 13.4. The molecule has 1 aromatic carbocycles. The van der Waals surface area contributed by atoms with Gasteiger partial charge in [0.2, 0.25) is 0 Å². The molecule has 5 heteroatoms. The zero-order valence-electron chi connectivity index (χ0n) is 8.09. The number of hydrogen-bond donors (Lipinski definition) is 1. The second-order valence-electron chi connectivity index (χ2n) is 3.06. The first kappa shape index (κ1) is 10.2. The Morgan fingerprint density at radius 1 is 1.31 bits per heavy atom. The molecule has 0 aliphatic heterocycles. The van der Waals surface area contributed by atoms with E-state index in [1.807, 2.05) is 0 Å². The molecule has 1 aromatic heterocycles. The summed E-state index contributed by atoms with van der Waals surface area (Å²) in [5.74, 6) is -2.10. The minimum Gasteiger partial charge on any atom is -0.478 e. The van der Waals surface area contributed by atoms with Crippen LogP contribution < -0.4 is 0 Å². The van der Waals surface area contributed by atoms with E-state index in [-0.39, 0.29) is 11.1 Å². The van der Waals surface area contributed by atoms with Crippen LogP contribution in [-0.4, -0.2) is 21.0 Å². The first-order valence-electron chi connectivity index (χ1n) is 4.48. The molecule has 2 aromatic rings. The van der Waals surface area contributed by atoms with Gasteiger partial charge in [-0.15, -0.1) is 0 Å². The molecule has 2 rings (SSSR count). The topological polar surface area (TPSA) is 63.1 Å². The van der Waals surface area contributed by atoms with E-state index in [0.717, 1.165) is 6.07 Å². The Morgan fingerprint density at radius 3 is 2.75 bits per heavy atom. The van der Waals surface area contributed by atoms with E-state index in [1.54, 1.807) is 0 Å². The van der Waals surface area contributed by atoms with Crippen LogP contribution in [0.3, 0.4) is 0 Å². The molecular weight excluding hydrogens is 211 g/mol. The number of benzene rings is 1. The van der Waals surface area contributed by atoms with Gasteiger partial charge in [-0.1, -0.05) is 12.1 Å². The molecule has 0 spiro atoms. The smallest absolute Gasteiger partial charge is 0.339 e. The fourth-order valence-electron chi connectivity index (χ4n) is 1.39. The molecule has 4 nitrogen and oxygen atoms in total. The number of carboxylic acid groups (broad SMARTS) is 1. The third-order valence-electron chi connectivity index (χ3n) is 2.07. The average Bonchev–Trinajstić information content (AvgIpc) is 2.29. The zero-order valence-corrected chi connectivity index (χ0v) is 8.09. The predicted molar refractivity (Wildman–Crippen MR) is 54.4 cm³/mol. The van der Waals surface area contributed by atoms with Crippen LogP contribution in [-0.2, 0) is 0 Å². The lowest BCUT2D eigenvalue weighted by atomic mass is 10.0. The molecule has 0 saturated carbocycles. The number of nitrogens with zero attached hydrogens (tertiary/aromatic N) is 2. The van der Waals surface area contributed by atoms with Gasteiger partial charge in [-0.2, -0.15) is 0 Å². The van der Waals surface area contributed by atoms with Crippen molar-refractivity contribution in [2.75, 3.05) is 0 Å². The second-order valence-corrected chi connectivity index (χ2v) is 3.06. The van der Waals surface area contributed by atoms with Crippen LogP contribution >= 0.6 is 0 Å². The van der Waals surface area contributed by atoms with Crippen molar-refractivity contribution >= 4 is 5.97 Å². The number of aromatic carboxylic acids is 1. The lowest BCUT2D eigenvalue weighted by Crippen LogP contribution is -2.04. The van der Waals surface area contributed by atoms with Gasteiger partial charge in [-0.25, -0.2) is 9.18 Å². The van der Waals surface area contributed by atoms with Crippen LogP contribution in [0.5, 0.6) is 0 Å². The van der Waals surface area contributed by atoms with E-state index in [9.17, 15) is 9.18 Å². The average molecular weight is 218 g/mol. The normalized spacial score (nSPS) is 10.1. The van der Waals surface area contributed by atoms with Crippen LogP contribution in [0.4, 0.5) is 4.39 Å². The van der Waals surface area contributed by atoms with Crippen LogP contribution in [0.15, 0.2) is 36.8 Å². The monoisotopic (exact) mass is 218 g/mol. The van der Waals surface area contributed by atoms with Gasteiger partial charge in [0, 0.05) is 18.0 Å². The van der Waals surface area contributed by atoms with Crippen molar-refractivity contribution < 1.29 is 14.3 Å². The minimum absolute atomic E-state index is 0.223. The molecule has 16 heavy (non-hydrogen) atoms. The largest absolute Gasteiger partial charge is 0.478 e. The fourth-order valence-corrected chi connectivity index (χ4v) is 1.39. The molecule has 1 heterocycles. The Kier molecular flexibility index (Phi) is 2.59. The van der Waals surface area contributed by atoms with Crippen LogP contribution in [0.2, 0.25) is 0 Å². The standard InChI is InChI=1S/C11H7FN2O2/c12-8-3-1-2-7(10(8)11(15)16)9-6-13-4-5-14-9/h1-6H,(H,15,16). The van der Waals surface area contributed by atoms with E-state index < -0.39 is 11.8 Å². The SMILES string of the molecule is O=C(O)c1c(F)cccc1-c1cnccn1. The number of halogens is 1. The molecule has 0 bridgehead atoms. The maximum absolute atomic E-state index is 13.4. The summed E-state index contributed by atoms with van der Waals surface area (Å²) in [6.07, 6.45) is 4.27. The Balaban J connectivity index is 2.66. The van der Waals surface area contributed by atoms with Crippen molar-refractivity contribution in [3.8, 4) is 11.3 Å². The van der Waals surface area contributed by atoms with Crippen molar-refractivity contribution in [3.05, 3.63) is 48.2 Å². The highest BCUT2D eigenvalue weighted by Gasteiger charge is 2.17. The fraction of sp³-hybridized carbons (Fsp3) is 0. The third-order valence-corrected chi connectivity index (χ3v) is 2.07. The van der Waals surface area contributed by atoms with Crippen LogP contribution in [0, 0.1) is 5.82 Å². The van der Waals surface area contributed by atoms with E-state index in [4.69, 9.17) is 5.11 Å². The Hall–Kier alpha value is -2.30. The van der Waals surface area contributed by atoms with Crippen molar-refractivity contribution in [3.63, 3.8) is 0 Å². The maximum Gasteiger partial charge on any atom is 0.339 e. The first-order chi connectivity index (χ1) is 7.70. The van der Waals surface area contributed by atoms with Crippen LogP contribution in [0.1, 0.15) is 10.4 Å². The number of rotatable bonds is 2. The summed E-state index contributed by atoms with van der Waals surface area (Å²) in [7, 11) is 0. The number of hydrogen-bond acceptors (Lipinski definition) is 3. The molecule has 0 unspecified atom stereocenters. The molecule has 80 valence electrons. The van der Waals surface area contributed by atoms with E-state index >= 15 is 0 Å². The highest BCUT2D eigenvalue weighted by molar-refractivity contribution is 5.95. The van der Waals surface area contributed by atoms with E-state index in [2.05, 4.69) is 9.97 Å². The molecule has 0 fully saturated rings. The van der Waals surface area contributed by atoms with Crippen molar-refractivity contribution in [1.29, 1.82) is 0 Å². The number of aromatic nitrogens is 2. The van der Waals surface area contributed by atoms with Gasteiger partial charge in [0.1, 0.15) is 11.4 Å². The summed E-state index contributed by atoms with van der Waals surface area (Å²) in [6, 6.07) is 4.03.